The molecule has 0 fully saturated rings. The molecule has 0 N–H and O–H groups in total. The molecule has 0 heterocycles. The molecule has 1 aliphatic carbocycles. The molecule has 0 aliphatic heterocycles. The van der Waals surface area contributed by atoms with Crippen LogP contribution in [0.3, 0.4) is 0 Å². The summed E-state index contributed by atoms with van der Waals surface area (Å²) in [5.41, 5.74) is 6.11. The number of hydrogen-bond donors (Lipinski definition) is 0. The second-order valence-electron chi connectivity index (χ2n) is 8.76. The summed E-state index contributed by atoms with van der Waals surface area (Å²) in [6.45, 7) is 13.4. The van der Waals surface area contributed by atoms with Gasteiger partial charge in [0, 0.05) is 0 Å². The monoisotopic (exact) mass is 501 g/mol. The second-order valence-corrected chi connectivity index (χ2v) is 11.2. The molecule has 0 saturated heterocycles. The van der Waals surface area contributed by atoms with Crippen LogP contribution in [0.1, 0.15) is 53.5 Å². The van der Waals surface area contributed by atoms with E-state index in [4.69, 9.17) is 0 Å². The average molecular weight is 504 g/mol. The molecule has 0 spiro atoms. The number of allylic oxidation sites excluding steroid dienone is 4. The molecule has 0 aromatic heterocycles. The van der Waals surface area contributed by atoms with Crippen LogP contribution in [0.2, 0.25) is 0 Å². The summed E-state index contributed by atoms with van der Waals surface area (Å²) >= 11 is 1.55. The van der Waals surface area contributed by atoms with Crippen molar-refractivity contribution in [2.45, 2.75) is 48.0 Å². The first-order chi connectivity index (χ1) is 12.7. The van der Waals surface area contributed by atoms with E-state index in [1.807, 2.05) is 0 Å². The molecule has 0 bridgehead atoms. The number of halogens is 2. The molecule has 4 rings (SSSR count). The smallest absolute Gasteiger partial charge is 1.00 e. The topological polar surface area (TPSA) is 0 Å². The summed E-state index contributed by atoms with van der Waals surface area (Å²) in [5.74, 6) is 0. The van der Waals surface area contributed by atoms with Crippen molar-refractivity contribution in [1.29, 1.82) is 0 Å². The molecule has 0 amide bonds. The quantitative estimate of drug-likeness (QED) is 0.443. The van der Waals surface area contributed by atoms with Gasteiger partial charge in [0.1, 0.15) is 0 Å². The summed E-state index contributed by atoms with van der Waals surface area (Å²) in [5, 5.41) is 5.48. The Morgan fingerprint density at radius 2 is 1.52 bits per heavy atom. The Balaban J connectivity index is 0.000000646. The molecule has 0 radical (unpaired) electrons. The third kappa shape index (κ3) is 5.84. The number of fused-ring (bicyclic) bond motifs is 3. The summed E-state index contributed by atoms with van der Waals surface area (Å²) in [4.78, 5) is 0. The molecule has 3 heteroatoms. The Labute approximate surface area is 203 Å². The molecule has 0 nitrogen and oxygen atoms in total. The second kappa shape index (κ2) is 10.4. The maximum absolute atomic E-state index is 2.40. The first kappa shape index (κ1) is 26.2. The maximum atomic E-state index is 2.40. The van der Waals surface area contributed by atoms with E-state index in [0.717, 1.165) is 6.42 Å². The Kier molecular flexibility index (Phi) is 9.41. The van der Waals surface area contributed by atoms with Gasteiger partial charge in [-0.15, -0.1) is 33.7 Å². The average Bonchev–Trinajstić information content (AvgIpc) is 3.14. The van der Waals surface area contributed by atoms with Crippen LogP contribution in [0.5, 0.6) is 0 Å². The Morgan fingerprint density at radius 3 is 2.10 bits per heavy atom. The fraction of sp³-hybridized carbons (Fsp3) is 0.308. The van der Waals surface area contributed by atoms with Crippen molar-refractivity contribution in [1.82, 2.24) is 0 Å². The van der Waals surface area contributed by atoms with Gasteiger partial charge in [0.25, 0.3) is 0 Å². The molecular formula is C26H29Cl2Zr-. The van der Waals surface area contributed by atoms with Crippen molar-refractivity contribution < 1.29 is 49.0 Å². The van der Waals surface area contributed by atoms with Crippen molar-refractivity contribution in [2.24, 2.45) is 5.41 Å². The molecular weight excluding hydrogens is 474 g/mol. The van der Waals surface area contributed by atoms with Crippen LogP contribution in [0.25, 0.3) is 27.1 Å². The molecule has 29 heavy (non-hydrogen) atoms. The molecule has 0 atom stereocenters. The van der Waals surface area contributed by atoms with Crippen LogP contribution >= 0.6 is 0 Å². The van der Waals surface area contributed by atoms with E-state index >= 15 is 0 Å². The third-order valence-corrected chi connectivity index (χ3v) is 5.18. The van der Waals surface area contributed by atoms with Crippen molar-refractivity contribution >= 4 is 30.3 Å². The van der Waals surface area contributed by atoms with E-state index in [2.05, 4.69) is 96.1 Å². The van der Waals surface area contributed by atoms with E-state index < -0.39 is 0 Å². The zero-order valence-electron chi connectivity index (χ0n) is 18.2. The standard InChI is InChI=1S/C23H23.C3H6.2ClH.Zr/c1-15-12-17(23(2,3)4)14-21(15)20-11-7-10-19-18-9-6-5-8-16(18)13-22(19)20;1-3-2;;;/h5-13H,14H2,1-4H3;1-2H3;2*1H;/q-1;;;;+2/p-2. The molecule has 152 valence electrons. The number of benzene rings is 2. The minimum atomic E-state index is 0. The van der Waals surface area contributed by atoms with Gasteiger partial charge in [-0.25, -0.2) is 0 Å². The van der Waals surface area contributed by atoms with Gasteiger partial charge in [0.05, 0.1) is 0 Å². The van der Waals surface area contributed by atoms with Crippen LogP contribution in [0.4, 0.5) is 0 Å². The minimum Gasteiger partial charge on any atom is -1.00 e. The fourth-order valence-corrected chi connectivity index (χ4v) is 3.76. The third-order valence-electron chi connectivity index (χ3n) is 5.18. The van der Waals surface area contributed by atoms with Crippen LogP contribution in [-0.2, 0) is 24.2 Å². The summed E-state index contributed by atoms with van der Waals surface area (Å²) < 4.78 is 1.51. The zero-order valence-corrected chi connectivity index (χ0v) is 22.1. The van der Waals surface area contributed by atoms with Gasteiger partial charge in [0.2, 0.25) is 0 Å². The first-order valence-corrected chi connectivity index (χ1v) is 10.9. The van der Waals surface area contributed by atoms with E-state index in [1.165, 1.54) is 47.0 Å². The van der Waals surface area contributed by atoms with Crippen LogP contribution in [-0.4, -0.2) is 3.21 Å². The van der Waals surface area contributed by atoms with Crippen molar-refractivity contribution in [3.8, 4) is 0 Å². The van der Waals surface area contributed by atoms with Crippen molar-refractivity contribution in [3.63, 3.8) is 0 Å². The molecule has 3 aromatic rings. The van der Waals surface area contributed by atoms with Gasteiger partial charge in [-0.3, -0.25) is 0 Å². The number of rotatable bonds is 1. The van der Waals surface area contributed by atoms with Gasteiger partial charge in [-0.05, 0) is 18.8 Å². The number of hydrogen-bond acceptors (Lipinski definition) is 0. The Hall–Kier alpha value is -0.877. The minimum absolute atomic E-state index is 0. The fourth-order valence-electron chi connectivity index (χ4n) is 3.76. The van der Waals surface area contributed by atoms with Crippen molar-refractivity contribution in [3.05, 3.63) is 71.3 Å². The summed E-state index contributed by atoms with van der Waals surface area (Å²) in [6, 6.07) is 17.8. The van der Waals surface area contributed by atoms with E-state index in [1.54, 1.807) is 24.2 Å². The van der Waals surface area contributed by atoms with Gasteiger partial charge >= 0.3 is 41.3 Å². The normalized spacial score (nSPS) is 13.4. The van der Waals surface area contributed by atoms with E-state index in [0.29, 0.717) is 0 Å². The van der Waals surface area contributed by atoms with Gasteiger partial charge in [-0.1, -0.05) is 85.5 Å². The molecule has 1 aliphatic rings. The van der Waals surface area contributed by atoms with Crippen LogP contribution in [0, 0.1) is 5.41 Å². The maximum Gasteiger partial charge on any atom is -1.00 e. The van der Waals surface area contributed by atoms with E-state index in [9.17, 15) is 0 Å². The Bertz CT molecular complexity index is 1070. The van der Waals surface area contributed by atoms with Gasteiger partial charge in [-0.2, -0.15) is 0 Å². The predicted molar refractivity (Wildman–Crippen MR) is 118 cm³/mol. The summed E-state index contributed by atoms with van der Waals surface area (Å²) in [7, 11) is 0. The predicted octanol–water partition coefficient (Wildman–Crippen LogP) is 1.61. The molecule has 0 saturated carbocycles. The Morgan fingerprint density at radius 1 is 0.931 bits per heavy atom. The van der Waals surface area contributed by atoms with E-state index in [-0.39, 0.29) is 30.2 Å². The first-order valence-electron chi connectivity index (χ1n) is 9.68. The zero-order chi connectivity index (χ0) is 19.8. The SMILES string of the molecule is CC1=C(c2cccc3c2[cH-]c2ccccc23)CC(C(C)(C)C)=C1.C[C](C)=[Zr+2].[Cl-].[Cl-]. The summed E-state index contributed by atoms with van der Waals surface area (Å²) in [6.07, 6.45) is 3.48. The van der Waals surface area contributed by atoms with Crippen molar-refractivity contribution in [2.75, 3.05) is 0 Å². The van der Waals surface area contributed by atoms with Gasteiger partial charge < -0.3 is 24.8 Å². The molecule has 0 unspecified atom stereocenters. The van der Waals surface area contributed by atoms with Crippen LogP contribution < -0.4 is 24.8 Å². The largest absolute Gasteiger partial charge is 1.00 e. The van der Waals surface area contributed by atoms with Crippen LogP contribution in [0.15, 0.2) is 65.8 Å². The molecule has 3 aromatic carbocycles. The van der Waals surface area contributed by atoms with Gasteiger partial charge in [0.15, 0.2) is 0 Å².